The van der Waals surface area contributed by atoms with Crippen LogP contribution < -0.4 is 5.32 Å². The summed E-state index contributed by atoms with van der Waals surface area (Å²) in [5.74, 6) is -0.0953. The molecule has 0 aliphatic carbocycles. The molecule has 4 nitrogen and oxygen atoms in total. The average Bonchev–Trinajstić information content (AvgIpc) is 2.40. The molecule has 0 unspecified atom stereocenters. The van der Waals surface area contributed by atoms with Crippen LogP contribution in [-0.4, -0.2) is 24.1 Å². The zero-order valence-electron chi connectivity index (χ0n) is 11.0. The van der Waals surface area contributed by atoms with Crippen molar-refractivity contribution < 1.29 is 9.53 Å². The Bertz CT molecular complexity index is 634. The number of hydrogen-bond donors (Lipinski definition) is 1. The molecule has 1 heterocycles. The number of amides is 1. The topological polar surface area (TPSA) is 51.2 Å². The molecule has 1 aromatic carbocycles. The number of benzene rings is 1. The third-order valence-electron chi connectivity index (χ3n) is 2.71. The summed E-state index contributed by atoms with van der Waals surface area (Å²) in [6.07, 6.45) is 1.94. The summed E-state index contributed by atoms with van der Waals surface area (Å²) in [6, 6.07) is 5.41. The van der Waals surface area contributed by atoms with E-state index in [0.717, 1.165) is 9.86 Å². The van der Waals surface area contributed by atoms with E-state index in [9.17, 15) is 4.79 Å². The zero-order chi connectivity index (χ0) is 14.5. The van der Waals surface area contributed by atoms with E-state index in [0.29, 0.717) is 35.9 Å². The average molecular weight is 358 g/mol. The molecule has 0 saturated carbocycles. The van der Waals surface area contributed by atoms with Crippen LogP contribution in [0.2, 0.25) is 5.02 Å². The number of nitrogens with one attached hydrogen (secondary N) is 1. The first-order valence-corrected chi connectivity index (χ1v) is 7.40. The SMILES string of the molecule is CCOCCC(=O)Nc1ccnc2c(Cl)cc(Br)cc12. The molecular formula is C14H14BrClN2O2. The third kappa shape index (κ3) is 3.69. The van der Waals surface area contributed by atoms with E-state index in [-0.39, 0.29) is 5.91 Å². The summed E-state index contributed by atoms with van der Waals surface area (Å²) in [5, 5.41) is 4.20. The van der Waals surface area contributed by atoms with Crippen molar-refractivity contribution in [1.82, 2.24) is 4.98 Å². The molecule has 1 amide bonds. The van der Waals surface area contributed by atoms with Crippen LogP contribution in [0.5, 0.6) is 0 Å². The molecule has 20 heavy (non-hydrogen) atoms. The first-order valence-electron chi connectivity index (χ1n) is 6.23. The molecule has 106 valence electrons. The van der Waals surface area contributed by atoms with E-state index in [2.05, 4.69) is 26.2 Å². The Labute approximate surface area is 130 Å². The molecule has 1 N–H and O–H groups in total. The molecule has 0 aliphatic rings. The Morgan fingerprint density at radius 1 is 1.50 bits per heavy atom. The smallest absolute Gasteiger partial charge is 0.226 e. The summed E-state index contributed by atoms with van der Waals surface area (Å²) in [5.41, 5.74) is 1.36. The van der Waals surface area contributed by atoms with Gasteiger partial charge in [-0.3, -0.25) is 9.78 Å². The van der Waals surface area contributed by atoms with Crippen molar-refractivity contribution in [2.24, 2.45) is 0 Å². The van der Waals surface area contributed by atoms with Crippen molar-refractivity contribution in [1.29, 1.82) is 0 Å². The highest BCUT2D eigenvalue weighted by molar-refractivity contribution is 9.10. The van der Waals surface area contributed by atoms with Gasteiger partial charge in [-0.2, -0.15) is 0 Å². The highest BCUT2D eigenvalue weighted by Crippen LogP contribution is 2.31. The van der Waals surface area contributed by atoms with Crippen LogP contribution in [0, 0.1) is 0 Å². The van der Waals surface area contributed by atoms with Crippen molar-refractivity contribution in [3.8, 4) is 0 Å². The van der Waals surface area contributed by atoms with Gasteiger partial charge >= 0.3 is 0 Å². The highest BCUT2D eigenvalue weighted by atomic mass is 79.9. The minimum absolute atomic E-state index is 0.0953. The van der Waals surface area contributed by atoms with Crippen molar-refractivity contribution in [3.05, 3.63) is 33.9 Å². The molecular weight excluding hydrogens is 344 g/mol. The van der Waals surface area contributed by atoms with Gasteiger partial charge in [0.2, 0.25) is 5.91 Å². The van der Waals surface area contributed by atoms with Gasteiger partial charge in [0.15, 0.2) is 0 Å². The molecule has 0 spiro atoms. The van der Waals surface area contributed by atoms with Crippen molar-refractivity contribution >= 4 is 50.0 Å². The third-order valence-corrected chi connectivity index (χ3v) is 3.46. The van der Waals surface area contributed by atoms with Gasteiger partial charge in [0.1, 0.15) is 0 Å². The molecule has 2 rings (SSSR count). The fourth-order valence-electron chi connectivity index (χ4n) is 1.81. The molecule has 0 saturated heterocycles. The number of anilines is 1. The second-order valence-corrected chi connectivity index (χ2v) is 5.46. The number of pyridine rings is 1. The molecule has 0 aliphatic heterocycles. The minimum atomic E-state index is -0.0953. The Kier molecular flexibility index (Phi) is 5.34. The standard InChI is InChI=1S/C14H14BrClN2O2/c1-2-20-6-4-13(19)18-12-3-5-17-14-10(12)7-9(15)8-11(14)16/h3,5,7-8H,2,4,6H2,1H3,(H,17,18,19). The van der Waals surface area contributed by atoms with Gasteiger partial charge in [0.25, 0.3) is 0 Å². The maximum atomic E-state index is 11.8. The fraction of sp³-hybridized carbons (Fsp3) is 0.286. The number of carbonyl (C=O) groups is 1. The number of nitrogens with zero attached hydrogens (tertiary/aromatic N) is 1. The molecule has 0 radical (unpaired) electrons. The Hall–Kier alpha value is -1.17. The van der Waals surface area contributed by atoms with E-state index in [1.807, 2.05) is 13.0 Å². The van der Waals surface area contributed by atoms with Gasteiger partial charge in [0, 0.05) is 22.7 Å². The first kappa shape index (κ1) is 15.2. The first-order chi connectivity index (χ1) is 9.61. The van der Waals surface area contributed by atoms with E-state index in [4.69, 9.17) is 16.3 Å². The fourth-order valence-corrected chi connectivity index (χ4v) is 2.67. The summed E-state index contributed by atoms with van der Waals surface area (Å²) in [4.78, 5) is 16.1. The lowest BCUT2D eigenvalue weighted by molar-refractivity contribution is -0.117. The van der Waals surface area contributed by atoms with Gasteiger partial charge in [-0.1, -0.05) is 27.5 Å². The number of fused-ring (bicyclic) bond motifs is 1. The van der Waals surface area contributed by atoms with Gasteiger partial charge in [0.05, 0.1) is 29.3 Å². The zero-order valence-corrected chi connectivity index (χ0v) is 13.3. The number of ether oxygens (including phenoxy) is 1. The molecule has 0 atom stereocenters. The van der Waals surface area contributed by atoms with Crippen LogP contribution in [0.25, 0.3) is 10.9 Å². The predicted octanol–water partition coefficient (Wildman–Crippen LogP) is 4.02. The van der Waals surface area contributed by atoms with Gasteiger partial charge in [-0.15, -0.1) is 0 Å². The molecule has 0 bridgehead atoms. The summed E-state index contributed by atoms with van der Waals surface area (Å²) in [6.45, 7) is 2.91. The number of hydrogen-bond acceptors (Lipinski definition) is 3. The van der Waals surface area contributed by atoms with E-state index >= 15 is 0 Å². The van der Waals surface area contributed by atoms with Crippen molar-refractivity contribution in [2.45, 2.75) is 13.3 Å². The summed E-state index contributed by atoms with van der Waals surface area (Å²) >= 11 is 9.54. The highest BCUT2D eigenvalue weighted by Gasteiger charge is 2.09. The van der Waals surface area contributed by atoms with Crippen LogP contribution in [-0.2, 0) is 9.53 Å². The molecule has 0 fully saturated rings. The Morgan fingerprint density at radius 2 is 2.30 bits per heavy atom. The maximum Gasteiger partial charge on any atom is 0.226 e. The lowest BCUT2D eigenvalue weighted by Crippen LogP contribution is -2.14. The lowest BCUT2D eigenvalue weighted by atomic mass is 10.2. The van der Waals surface area contributed by atoms with Gasteiger partial charge < -0.3 is 10.1 Å². The van der Waals surface area contributed by atoms with E-state index in [1.54, 1.807) is 18.3 Å². The van der Waals surface area contributed by atoms with Crippen LogP contribution in [0.1, 0.15) is 13.3 Å². The lowest BCUT2D eigenvalue weighted by Gasteiger charge is -2.09. The molecule has 1 aromatic heterocycles. The number of aromatic nitrogens is 1. The normalized spacial score (nSPS) is 10.8. The largest absolute Gasteiger partial charge is 0.381 e. The molecule has 6 heteroatoms. The Morgan fingerprint density at radius 3 is 3.05 bits per heavy atom. The van der Waals surface area contributed by atoms with Crippen LogP contribution in [0.15, 0.2) is 28.9 Å². The van der Waals surface area contributed by atoms with Crippen molar-refractivity contribution in [2.75, 3.05) is 18.5 Å². The van der Waals surface area contributed by atoms with Crippen LogP contribution in [0.3, 0.4) is 0 Å². The monoisotopic (exact) mass is 356 g/mol. The van der Waals surface area contributed by atoms with E-state index in [1.165, 1.54) is 0 Å². The number of halogens is 2. The number of carbonyl (C=O) groups excluding carboxylic acids is 1. The second kappa shape index (κ2) is 7.02. The van der Waals surface area contributed by atoms with E-state index < -0.39 is 0 Å². The van der Waals surface area contributed by atoms with Crippen molar-refractivity contribution in [3.63, 3.8) is 0 Å². The maximum absolute atomic E-state index is 11.8. The number of rotatable bonds is 5. The minimum Gasteiger partial charge on any atom is -0.381 e. The van der Waals surface area contributed by atoms with Crippen LogP contribution in [0.4, 0.5) is 5.69 Å². The quantitative estimate of drug-likeness (QED) is 0.822. The van der Waals surface area contributed by atoms with Crippen LogP contribution >= 0.6 is 27.5 Å². The second-order valence-electron chi connectivity index (χ2n) is 4.14. The summed E-state index contributed by atoms with van der Waals surface area (Å²) < 4.78 is 6.01. The summed E-state index contributed by atoms with van der Waals surface area (Å²) in [7, 11) is 0. The predicted molar refractivity (Wildman–Crippen MR) is 84.2 cm³/mol. The Balaban J connectivity index is 2.24. The van der Waals surface area contributed by atoms with Gasteiger partial charge in [-0.25, -0.2) is 0 Å². The molecule has 2 aromatic rings. The van der Waals surface area contributed by atoms with Gasteiger partial charge in [-0.05, 0) is 25.1 Å².